The summed E-state index contributed by atoms with van der Waals surface area (Å²) < 4.78 is 0. The number of rotatable bonds is 3. The molecule has 1 aromatic carbocycles. The van der Waals surface area contributed by atoms with Crippen LogP contribution in [0.1, 0.15) is 49.3 Å². The van der Waals surface area contributed by atoms with Crippen LogP contribution in [-0.4, -0.2) is 36.2 Å². The molecule has 2 fully saturated rings. The van der Waals surface area contributed by atoms with Crippen molar-refractivity contribution in [1.82, 2.24) is 10.2 Å². The van der Waals surface area contributed by atoms with Gasteiger partial charge in [0.25, 0.3) is 0 Å². The Kier molecular flexibility index (Phi) is 4.81. The minimum Gasteiger partial charge on any atom is -0.507 e. The molecule has 3 rings (SSSR count). The van der Waals surface area contributed by atoms with Crippen molar-refractivity contribution in [2.24, 2.45) is 5.92 Å². The van der Waals surface area contributed by atoms with Crippen LogP contribution in [0.25, 0.3) is 0 Å². The number of benzene rings is 1. The molecule has 2 aliphatic rings. The van der Waals surface area contributed by atoms with Gasteiger partial charge >= 0.3 is 0 Å². The fourth-order valence-electron chi connectivity index (χ4n) is 4.08. The van der Waals surface area contributed by atoms with Crippen LogP contribution in [0.4, 0.5) is 0 Å². The van der Waals surface area contributed by atoms with Gasteiger partial charge in [0.05, 0.1) is 0 Å². The molecule has 116 valence electrons. The SMILES string of the molecule is Cc1cccc([C@H](C2CCCCC2)N2CCNCC2)c1O. The molecule has 1 atom stereocenters. The predicted octanol–water partition coefficient (Wildman–Crippen LogP) is 3.23. The Hall–Kier alpha value is -1.06. The zero-order valence-corrected chi connectivity index (χ0v) is 13.1. The largest absolute Gasteiger partial charge is 0.507 e. The molecule has 2 N–H and O–H groups in total. The molecule has 1 aromatic rings. The summed E-state index contributed by atoms with van der Waals surface area (Å²) >= 11 is 0. The summed E-state index contributed by atoms with van der Waals surface area (Å²) in [6, 6.07) is 6.65. The molecule has 21 heavy (non-hydrogen) atoms. The van der Waals surface area contributed by atoms with Gasteiger partial charge < -0.3 is 10.4 Å². The molecule has 0 amide bonds. The number of aromatic hydroxyl groups is 1. The van der Waals surface area contributed by atoms with Crippen LogP contribution >= 0.6 is 0 Å². The second-order valence-electron chi connectivity index (χ2n) is 6.64. The maximum Gasteiger partial charge on any atom is 0.123 e. The van der Waals surface area contributed by atoms with Crippen molar-refractivity contribution in [3.05, 3.63) is 29.3 Å². The van der Waals surface area contributed by atoms with Crippen molar-refractivity contribution in [3.8, 4) is 5.75 Å². The van der Waals surface area contributed by atoms with Crippen molar-refractivity contribution in [3.63, 3.8) is 0 Å². The molecule has 1 aliphatic carbocycles. The highest BCUT2D eigenvalue weighted by molar-refractivity contribution is 5.41. The first-order chi connectivity index (χ1) is 10.3. The lowest BCUT2D eigenvalue weighted by Crippen LogP contribution is -2.47. The molecule has 0 spiro atoms. The van der Waals surface area contributed by atoms with Crippen LogP contribution in [0.5, 0.6) is 5.75 Å². The van der Waals surface area contributed by atoms with Gasteiger partial charge in [0, 0.05) is 37.8 Å². The molecular formula is C18H28N2O. The second kappa shape index (κ2) is 6.80. The summed E-state index contributed by atoms with van der Waals surface area (Å²) in [6.45, 7) is 6.32. The van der Waals surface area contributed by atoms with Gasteiger partial charge in [-0.3, -0.25) is 4.90 Å². The molecular weight excluding hydrogens is 260 g/mol. The van der Waals surface area contributed by atoms with Gasteiger partial charge in [-0.15, -0.1) is 0 Å². The third-order valence-electron chi connectivity index (χ3n) is 5.23. The van der Waals surface area contributed by atoms with Crippen LogP contribution in [-0.2, 0) is 0 Å². The van der Waals surface area contributed by atoms with E-state index < -0.39 is 0 Å². The van der Waals surface area contributed by atoms with Crippen LogP contribution in [0.15, 0.2) is 18.2 Å². The second-order valence-corrected chi connectivity index (χ2v) is 6.64. The monoisotopic (exact) mass is 288 g/mol. The average molecular weight is 288 g/mol. The Bertz CT molecular complexity index is 444. The number of para-hydroxylation sites is 1. The third-order valence-corrected chi connectivity index (χ3v) is 5.23. The number of phenolic OH excluding ortho intramolecular Hbond substituents is 1. The minimum absolute atomic E-state index is 0.396. The van der Waals surface area contributed by atoms with Gasteiger partial charge in [0.15, 0.2) is 0 Å². The Morgan fingerprint density at radius 2 is 1.86 bits per heavy atom. The highest BCUT2D eigenvalue weighted by Crippen LogP contribution is 2.42. The topological polar surface area (TPSA) is 35.5 Å². The van der Waals surface area contributed by atoms with E-state index in [2.05, 4.69) is 22.3 Å². The normalized spacial score (nSPS) is 23.1. The van der Waals surface area contributed by atoms with Crippen LogP contribution in [0, 0.1) is 12.8 Å². The number of nitrogens with one attached hydrogen (secondary N) is 1. The van der Waals surface area contributed by atoms with E-state index in [0.29, 0.717) is 17.7 Å². The van der Waals surface area contributed by atoms with E-state index in [4.69, 9.17) is 0 Å². The van der Waals surface area contributed by atoms with Crippen molar-refractivity contribution in [2.75, 3.05) is 26.2 Å². The standard InChI is InChI=1S/C18H28N2O/c1-14-6-5-9-16(18(14)21)17(15-7-3-2-4-8-15)20-12-10-19-11-13-20/h5-6,9,15,17,19,21H,2-4,7-8,10-13H2,1H3/t17-/m0/s1. The van der Waals surface area contributed by atoms with Crippen molar-refractivity contribution >= 4 is 0 Å². The minimum atomic E-state index is 0.396. The quantitative estimate of drug-likeness (QED) is 0.896. The van der Waals surface area contributed by atoms with E-state index in [-0.39, 0.29) is 0 Å². The first kappa shape index (κ1) is 14.9. The Balaban J connectivity index is 1.91. The number of hydrogen-bond donors (Lipinski definition) is 2. The molecule has 1 saturated carbocycles. The van der Waals surface area contributed by atoms with E-state index in [1.165, 1.54) is 32.1 Å². The lowest BCUT2D eigenvalue weighted by atomic mass is 9.79. The summed E-state index contributed by atoms with van der Waals surface area (Å²) in [5.74, 6) is 1.22. The lowest BCUT2D eigenvalue weighted by molar-refractivity contribution is 0.101. The predicted molar refractivity (Wildman–Crippen MR) is 86.6 cm³/mol. The van der Waals surface area contributed by atoms with E-state index >= 15 is 0 Å². The van der Waals surface area contributed by atoms with Crippen LogP contribution in [0.3, 0.4) is 0 Å². The maximum atomic E-state index is 10.6. The lowest BCUT2D eigenvalue weighted by Gasteiger charge is -2.41. The fourth-order valence-corrected chi connectivity index (χ4v) is 4.08. The molecule has 0 aromatic heterocycles. The average Bonchev–Trinajstić information content (AvgIpc) is 2.54. The zero-order chi connectivity index (χ0) is 14.7. The van der Waals surface area contributed by atoms with Crippen LogP contribution in [0.2, 0.25) is 0 Å². The Morgan fingerprint density at radius 3 is 2.57 bits per heavy atom. The van der Waals surface area contributed by atoms with E-state index in [1.807, 2.05) is 13.0 Å². The number of piperazine rings is 1. The van der Waals surface area contributed by atoms with Gasteiger partial charge in [-0.25, -0.2) is 0 Å². The molecule has 3 heteroatoms. The highest BCUT2D eigenvalue weighted by Gasteiger charge is 2.32. The molecule has 0 radical (unpaired) electrons. The van der Waals surface area contributed by atoms with E-state index in [1.54, 1.807) is 0 Å². The number of aryl methyl sites for hydroxylation is 1. The van der Waals surface area contributed by atoms with Crippen molar-refractivity contribution in [2.45, 2.75) is 45.1 Å². The van der Waals surface area contributed by atoms with Gasteiger partial charge in [0.1, 0.15) is 5.75 Å². The fraction of sp³-hybridized carbons (Fsp3) is 0.667. The number of hydrogen-bond acceptors (Lipinski definition) is 3. The van der Waals surface area contributed by atoms with E-state index in [9.17, 15) is 5.11 Å². The molecule has 1 heterocycles. The molecule has 1 aliphatic heterocycles. The smallest absolute Gasteiger partial charge is 0.123 e. The maximum absolute atomic E-state index is 10.6. The molecule has 0 unspecified atom stereocenters. The number of phenols is 1. The van der Waals surface area contributed by atoms with Crippen molar-refractivity contribution < 1.29 is 5.11 Å². The zero-order valence-electron chi connectivity index (χ0n) is 13.1. The summed E-state index contributed by atoms with van der Waals surface area (Å²) in [6.07, 6.45) is 6.69. The number of nitrogens with zero attached hydrogens (tertiary/aromatic N) is 1. The first-order valence-electron chi connectivity index (χ1n) is 8.50. The van der Waals surface area contributed by atoms with Gasteiger partial charge in [-0.1, -0.05) is 37.5 Å². The summed E-state index contributed by atoms with van der Waals surface area (Å²) in [7, 11) is 0. The summed E-state index contributed by atoms with van der Waals surface area (Å²) in [5.41, 5.74) is 2.16. The van der Waals surface area contributed by atoms with Crippen LogP contribution < -0.4 is 5.32 Å². The Labute approximate surface area is 128 Å². The molecule has 1 saturated heterocycles. The Morgan fingerprint density at radius 1 is 1.14 bits per heavy atom. The summed E-state index contributed by atoms with van der Waals surface area (Å²) in [5, 5.41) is 14.0. The van der Waals surface area contributed by atoms with E-state index in [0.717, 1.165) is 37.3 Å². The van der Waals surface area contributed by atoms with Gasteiger partial charge in [-0.2, -0.15) is 0 Å². The third kappa shape index (κ3) is 3.24. The molecule has 0 bridgehead atoms. The highest BCUT2D eigenvalue weighted by atomic mass is 16.3. The first-order valence-corrected chi connectivity index (χ1v) is 8.50. The van der Waals surface area contributed by atoms with Gasteiger partial charge in [-0.05, 0) is 31.2 Å². The van der Waals surface area contributed by atoms with Gasteiger partial charge in [0.2, 0.25) is 0 Å². The summed E-state index contributed by atoms with van der Waals surface area (Å²) in [4.78, 5) is 2.60. The molecule has 3 nitrogen and oxygen atoms in total. The van der Waals surface area contributed by atoms with Crippen molar-refractivity contribution in [1.29, 1.82) is 0 Å².